The van der Waals surface area contributed by atoms with Crippen molar-refractivity contribution in [2.24, 2.45) is 5.73 Å². The van der Waals surface area contributed by atoms with E-state index in [0.717, 1.165) is 21.5 Å². The van der Waals surface area contributed by atoms with Crippen LogP contribution in [-0.4, -0.2) is 30.0 Å². The predicted molar refractivity (Wildman–Crippen MR) is 76.5 cm³/mol. The SMILES string of the molecule is Cc1cc(Br)ccc1N1C(=O)CSCC1CN. The van der Waals surface area contributed by atoms with Gasteiger partial charge in [0.05, 0.1) is 11.8 Å². The summed E-state index contributed by atoms with van der Waals surface area (Å²) in [5.41, 5.74) is 7.83. The van der Waals surface area contributed by atoms with Gasteiger partial charge in [-0.2, -0.15) is 0 Å². The Morgan fingerprint density at radius 2 is 2.35 bits per heavy atom. The monoisotopic (exact) mass is 314 g/mol. The van der Waals surface area contributed by atoms with Gasteiger partial charge in [-0.15, -0.1) is 11.8 Å². The minimum atomic E-state index is 0.112. The van der Waals surface area contributed by atoms with Gasteiger partial charge >= 0.3 is 0 Å². The van der Waals surface area contributed by atoms with Crippen molar-refractivity contribution in [2.75, 3.05) is 23.0 Å². The van der Waals surface area contributed by atoms with E-state index in [9.17, 15) is 4.79 Å². The number of amides is 1. The molecule has 1 unspecified atom stereocenters. The molecule has 1 fully saturated rings. The zero-order valence-corrected chi connectivity index (χ0v) is 12.1. The van der Waals surface area contributed by atoms with E-state index in [1.165, 1.54) is 0 Å². The standard InChI is InChI=1S/C12H15BrN2OS/c1-8-4-9(13)2-3-11(8)15-10(5-14)6-17-7-12(15)16/h2-4,10H,5-7,14H2,1H3. The molecule has 5 heteroatoms. The summed E-state index contributed by atoms with van der Waals surface area (Å²) in [6.45, 7) is 2.52. The third-order valence-corrected chi connectivity index (χ3v) is 4.42. The molecule has 0 radical (unpaired) electrons. The van der Waals surface area contributed by atoms with Gasteiger partial charge < -0.3 is 10.6 Å². The molecule has 0 aromatic heterocycles. The smallest absolute Gasteiger partial charge is 0.237 e. The molecule has 0 aliphatic carbocycles. The third-order valence-electron chi connectivity index (χ3n) is 2.86. The Hall–Kier alpha value is -0.520. The molecule has 3 nitrogen and oxygen atoms in total. The lowest BCUT2D eigenvalue weighted by molar-refractivity contribution is -0.116. The molecule has 1 amide bonds. The minimum Gasteiger partial charge on any atom is -0.328 e. The summed E-state index contributed by atoms with van der Waals surface area (Å²) in [5.74, 6) is 1.62. The Bertz CT molecular complexity index is 439. The Balaban J connectivity index is 2.38. The first-order chi connectivity index (χ1) is 8.13. The summed E-state index contributed by atoms with van der Waals surface area (Å²) in [4.78, 5) is 13.9. The number of thioether (sulfide) groups is 1. The normalized spacial score (nSPS) is 20.8. The number of carbonyl (C=O) groups excluding carboxylic acids is 1. The molecule has 0 saturated carbocycles. The Morgan fingerprint density at radius 1 is 1.59 bits per heavy atom. The quantitative estimate of drug-likeness (QED) is 0.910. The molecule has 0 spiro atoms. The fourth-order valence-electron chi connectivity index (χ4n) is 2.02. The van der Waals surface area contributed by atoms with Crippen LogP contribution in [0.25, 0.3) is 0 Å². The predicted octanol–water partition coefficient (Wildman–Crippen LogP) is 2.16. The van der Waals surface area contributed by atoms with Crippen molar-refractivity contribution in [3.8, 4) is 0 Å². The molecule has 1 aromatic carbocycles. The van der Waals surface area contributed by atoms with Gasteiger partial charge in [-0.05, 0) is 30.7 Å². The van der Waals surface area contributed by atoms with Gasteiger partial charge in [-0.3, -0.25) is 4.79 Å². The lowest BCUT2D eigenvalue weighted by Crippen LogP contribution is -2.50. The van der Waals surface area contributed by atoms with E-state index in [-0.39, 0.29) is 11.9 Å². The maximum atomic E-state index is 12.0. The van der Waals surface area contributed by atoms with E-state index >= 15 is 0 Å². The van der Waals surface area contributed by atoms with Crippen molar-refractivity contribution >= 4 is 39.3 Å². The number of hydrogen-bond donors (Lipinski definition) is 1. The van der Waals surface area contributed by atoms with Gasteiger partial charge in [-0.1, -0.05) is 15.9 Å². The zero-order chi connectivity index (χ0) is 12.4. The van der Waals surface area contributed by atoms with Gasteiger partial charge in [0.15, 0.2) is 0 Å². The van der Waals surface area contributed by atoms with Crippen molar-refractivity contribution in [1.82, 2.24) is 0 Å². The van der Waals surface area contributed by atoms with Gasteiger partial charge in [0.2, 0.25) is 5.91 Å². The van der Waals surface area contributed by atoms with Crippen LogP contribution >= 0.6 is 27.7 Å². The Labute approximate surface area is 114 Å². The number of benzene rings is 1. The zero-order valence-electron chi connectivity index (χ0n) is 9.65. The van der Waals surface area contributed by atoms with Crippen LogP contribution in [0.4, 0.5) is 5.69 Å². The molecule has 92 valence electrons. The molecular weight excluding hydrogens is 300 g/mol. The van der Waals surface area contributed by atoms with Crippen LogP contribution in [0, 0.1) is 6.92 Å². The van der Waals surface area contributed by atoms with Crippen LogP contribution in [0.1, 0.15) is 5.56 Å². The largest absolute Gasteiger partial charge is 0.328 e. The van der Waals surface area contributed by atoms with Crippen LogP contribution in [0.5, 0.6) is 0 Å². The highest BCUT2D eigenvalue weighted by Crippen LogP contribution is 2.29. The fraction of sp³-hybridized carbons (Fsp3) is 0.417. The van der Waals surface area contributed by atoms with Crippen molar-refractivity contribution < 1.29 is 4.79 Å². The minimum absolute atomic E-state index is 0.112. The summed E-state index contributed by atoms with van der Waals surface area (Å²) >= 11 is 5.10. The maximum Gasteiger partial charge on any atom is 0.237 e. The second-order valence-corrected chi connectivity index (χ2v) is 6.05. The highest BCUT2D eigenvalue weighted by Gasteiger charge is 2.29. The Morgan fingerprint density at radius 3 is 3.00 bits per heavy atom. The van der Waals surface area contributed by atoms with E-state index in [2.05, 4.69) is 15.9 Å². The van der Waals surface area contributed by atoms with Crippen molar-refractivity contribution in [3.63, 3.8) is 0 Å². The van der Waals surface area contributed by atoms with E-state index < -0.39 is 0 Å². The number of carbonyl (C=O) groups is 1. The second-order valence-electron chi connectivity index (χ2n) is 4.10. The van der Waals surface area contributed by atoms with E-state index in [1.54, 1.807) is 11.8 Å². The molecule has 1 heterocycles. The number of anilines is 1. The number of hydrogen-bond acceptors (Lipinski definition) is 3. The van der Waals surface area contributed by atoms with Crippen molar-refractivity contribution in [2.45, 2.75) is 13.0 Å². The van der Waals surface area contributed by atoms with Crippen molar-refractivity contribution in [3.05, 3.63) is 28.2 Å². The van der Waals surface area contributed by atoms with Gasteiger partial charge in [0, 0.05) is 22.5 Å². The molecule has 1 aliphatic rings. The molecule has 1 aliphatic heterocycles. The van der Waals surface area contributed by atoms with Crippen LogP contribution < -0.4 is 10.6 Å². The van der Waals surface area contributed by atoms with Crippen LogP contribution in [0.3, 0.4) is 0 Å². The Kier molecular flexibility index (Phi) is 4.12. The highest BCUT2D eigenvalue weighted by atomic mass is 79.9. The number of rotatable bonds is 2. The maximum absolute atomic E-state index is 12.0. The first-order valence-corrected chi connectivity index (χ1v) is 7.44. The topological polar surface area (TPSA) is 46.3 Å². The summed E-state index contributed by atoms with van der Waals surface area (Å²) in [7, 11) is 0. The average molecular weight is 315 g/mol. The first-order valence-electron chi connectivity index (χ1n) is 5.49. The van der Waals surface area contributed by atoms with E-state index in [4.69, 9.17) is 5.73 Å². The van der Waals surface area contributed by atoms with Crippen LogP contribution in [0.2, 0.25) is 0 Å². The molecular formula is C12H15BrN2OS. The fourth-order valence-corrected chi connectivity index (χ4v) is 3.49. The molecule has 2 N–H and O–H groups in total. The molecule has 0 bridgehead atoms. The average Bonchev–Trinajstić information content (AvgIpc) is 2.30. The third kappa shape index (κ3) is 2.67. The van der Waals surface area contributed by atoms with Crippen molar-refractivity contribution in [1.29, 1.82) is 0 Å². The summed E-state index contributed by atoms with van der Waals surface area (Å²) < 4.78 is 1.03. The molecule has 1 aromatic rings. The lowest BCUT2D eigenvalue weighted by Gasteiger charge is -2.35. The lowest BCUT2D eigenvalue weighted by atomic mass is 10.1. The number of nitrogens with two attached hydrogens (primary N) is 1. The van der Waals surface area contributed by atoms with E-state index in [1.807, 2.05) is 30.0 Å². The van der Waals surface area contributed by atoms with Gasteiger partial charge in [0.25, 0.3) is 0 Å². The highest BCUT2D eigenvalue weighted by molar-refractivity contribution is 9.10. The molecule has 1 saturated heterocycles. The first kappa shape index (κ1) is 12.9. The van der Waals surface area contributed by atoms with Gasteiger partial charge in [0.1, 0.15) is 0 Å². The van der Waals surface area contributed by atoms with E-state index in [0.29, 0.717) is 12.3 Å². The van der Waals surface area contributed by atoms with Crippen LogP contribution in [-0.2, 0) is 4.79 Å². The summed E-state index contributed by atoms with van der Waals surface area (Å²) in [6.07, 6.45) is 0. The summed E-state index contributed by atoms with van der Waals surface area (Å²) in [6, 6.07) is 6.08. The summed E-state index contributed by atoms with van der Waals surface area (Å²) in [5, 5.41) is 0. The van der Waals surface area contributed by atoms with Gasteiger partial charge in [-0.25, -0.2) is 0 Å². The second kappa shape index (κ2) is 5.42. The molecule has 2 rings (SSSR count). The number of aryl methyl sites for hydroxylation is 1. The molecule has 17 heavy (non-hydrogen) atoms. The number of nitrogens with zero attached hydrogens (tertiary/aromatic N) is 1. The van der Waals surface area contributed by atoms with Crippen LogP contribution in [0.15, 0.2) is 22.7 Å². The number of halogens is 1. The molecule has 1 atom stereocenters.